The quantitative estimate of drug-likeness (QED) is 0.520. The second-order valence-electron chi connectivity index (χ2n) is 6.42. The first-order valence-electron chi connectivity index (χ1n) is 9.05. The molecular weight excluding hydrogens is 377 g/mol. The Labute approximate surface area is 166 Å². The molecule has 9 nitrogen and oxygen atoms in total. The fourth-order valence-electron chi connectivity index (χ4n) is 3.24. The number of aromatic nitrogens is 3. The van der Waals surface area contributed by atoms with Gasteiger partial charge in [-0.1, -0.05) is 18.2 Å². The molecule has 0 spiro atoms. The van der Waals surface area contributed by atoms with Crippen LogP contribution >= 0.6 is 0 Å². The summed E-state index contributed by atoms with van der Waals surface area (Å²) in [7, 11) is 0. The van der Waals surface area contributed by atoms with Gasteiger partial charge in [0.2, 0.25) is 11.6 Å². The molecule has 0 saturated carbocycles. The molecule has 3 heterocycles. The number of nitro groups is 1. The minimum atomic E-state index is -0.538. The first kappa shape index (κ1) is 18.5. The molecule has 1 saturated heterocycles. The van der Waals surface area contributed by atoms with Gasteiger partial charge in [-0.05, 0) is 24.3 Å². The second-order valence-corrected chi connectivity index (χ2v) is 6.42. The van der Waals surface area contributed by atoms with Crippen molar-refractivity contribution < 1.29 is 9.31 Å². The summed E-state index contributed by atoms with van der Waals surface area (Å²) in [5.74, 6) is 0.513. The summed E-state index contributed by atoms with van der Waals surface area (Å²) in [5, 5.41) is 14.5. The van der Waals surface area contributed by atoms with Gasteiger partial charge >= 0.3 is 5.69 Å². The molecule has 29 heavy (non-hydrogen) atoms. The second kappa shape index (κ2) is 8.05. The Morgan fingerprint density at radius 1 is 0.966 bits per heavy atom. The highest BCUT2D eigenvalue weighted by Gasteiger charge is 2.29. The van der Waals surface area contributed by atoms with Crippen molar-refractivity contribution in [1.82, 2.24) is 15.0 Å². The zero-order valence-electron chi connectivity index (χ0n) is 15.4. The van der Waals surface area contributed by atoms with E-state index in [4.69, 9.17) is 0 Å². The molecule has 1 aromatic carbocycles. The van der Waals surface area contributed by atoms with Crippen molar-refractivity contribution in [2.45, 2.75) is 0 Å². The number of pyridine rings is 1. The summed E-state index contributed by atoms with van der Waals surface area (Å²) in [5.41, 5.74) is -0.165. The van der Waals surface area contributed by atoms with Crippen LogP contribution in [-0.4, -0.2) is 46.1 Å². The molecule has 0 atom stereocenters. The predicted octanol–water partition coefficient (Wildman–Crippen LogP) is 2.99. The van der Waals surface area contributed by atoms with Crippen LogP contribution in [0.1, 0.15) is 0 Å². The molecule has 0 aliphatic carbocycles. The van der Waals surface area contributed by atoms with Gasteiger partial charge in [0.05, 0.1) is 10.6 Å². The van der Waals surface area contributed by atoms with Crippen LogP contribution in [0.15, 0.2) is 55.0 Å². The van der Waals surface area contributed by atoms with Crippen molar-refractivity contribution >= 4 is 28.8 Å². The highest BCUT2D eigenvalue weighted by molar-refractivity contribution is 5.74. The number of piperazine rings is 1. The van der Waals surface area contributed by atoms with Crippen molar-refractivity contribution in [3.63, 3.8) is 0 Å². The molecular formula is C19H18FN7O2. The molecule has 10 heteroatoms. The van der Waals surface area contributed by atoms with Gasteiger partial charge < -0.3 is 15.1 Å². The highest BCUT2D eigenvalue weighted by Crippen LogP contribution is 2.34. The van der Waals surface area contributed by atoms with Crippen molar-refractivity contribution in [3.8, 4) is 0 Å². The summed E-state index contributed by atoms with van der Waals surface area (Å²) in [6.45, 7) is 2.36. The lowest BCUT2D eigenvalue weighted by Gasteiger charge is -2.35. The van der Waals surface area contributed by atoms with E-state index in [9.17, 15) is 14.5 Å². The molecule has 0 unspecified atom stereocenters. The molecule has 0 bridgehead atoms. The molecule has 1 N–H and O–H groups in total. The molecule has 1 aliphatic heterocycles. The lowest BCUT2D eigenvalue weighted by molar-refractivity contribution is -0.383. The number of benzene rings is 1. The lowest BCUT2D eigenvalue weighted by atomic mass is 10.2. The summed E-state index contributed by atoms with van der Waals surface area (Å²) in [6, 6.07) is 11.6. The summed E-state index contributed by atoms with van der Waals surface area (Å²) in [4.78, 5) is 27.7. The van der Waals surface area contributed by atoms with Gasteiger partial charge in [0.15, 0.2) is 0 Å². The number of para-hydroxylation sites is 1. The molecule has 0 radical (unpaired) electrons. The third kappa shape index (κ3) is 3.91. The Morgan fingerprint density at radius 3 is 2.38 bits per heavy atom. The van der Waals surface area contributed by atoms with E-state index in [-0.39, 0.29) is 23.0 Å². The van der Waals surface area contributed by atoms with E-state index in [2.05, 4.69) is 25.2 Å². The van der Waals surface area contributed by atoms with E-state index in [1.54, 1.807) is 18.3 Å². The molecule has 1 aliphatic rings. The minimum Gasteiger partial charge on any atom is -0.353 e. The monoisotopic (exact) mass is 395 g/mol. The first-order chi connectivity index (χ1) is 14.1. The Balaban J connectivity index is 1.58. The van der Waals surface area contributed by atoms with Crippen LogP contribution in [0.25, 0.3) is 0 Å². The number of nitrogens with one attached hydrogen (secondary N) is 1. The van der Waals surface area contributed by atoms with Crippen LogP contribution in [0.5, 0.6) is 0 Å². The van der Waals surface area contributed by atoms with Crippen molar-refractivity contribution in [2.75, 3.05) is 41.3 Å². The Bertz CT molecular complexity index is 1010. The smallest absolute Gasteiger partial charge is 0.353 e. The maximum absolute atomic E-state index is 14.0. The largest absolute Gasteiger partial charge is 0.353 e. The average Bonchev–Trinajstić information content (AvgIpc) is 2.76. The molecule has 148 valence electrons. The van der Waals surface area contributed by atoms with Gasteiger partial charge in [0.1, 0.15) is 18.0 Å². The van der Waals surface area contributed by atoms with E-state index in [0.29, 0.717) is 26.2 Å². The zero-order valence-corrected chi connectivity index (χ0v) is 15.4. The van der Waals surface area contributed by atoms with Crippen molar-refractivity contribution in [2.24, 2.45) is 0 Å². The third-order valence-corrected chi connectivity index (χ3v) is 4.66. The van der Waals surface area contributed by atoms with E-state index in [1.165, 1.54) is 18.5 Å². The zero-order chi connectivity index (χ0) is 20.2. The summed E-state index contributed by atoms with van der Waals surface area (Å²) >= 11 is 0. The van der Waals surface area contributed by atoms with Crippen LogP contribution in [0.2, 0.25) is 0 Å². The number of anilines is 4. The fourth-order valence-corrected chi connectivity index (χ4v) is 3.24. The Hall–Kier alpha value is -3.82. The van der Waals surface area contributed by atoms with Gasteiger partial charge in [-0.2, -0.15) is 0 Å². The minimum absolute atomic E-state index is 0.0442. The van der Waals surface area contributed by atoms with Crippen LogP contribution < -0.4 is 15.1 Å². The van der Waals surface area contributed by atoms with Crippen molar-refractivity contribution in [3.05, 3.63) is 70.9 Å². The number of nitrogens with zero attached hydrogens (tertiary/aromatic N) is 6. The highest BCUT2D eigenvalue weighted by atomic mass is 19.1. The molecule has 4 rings (SSSR count). The standard InChI is InChI=1S/C19H18FN7O2/c20-14-5-1-2-6-15(14)24-18-17(27(28)29)19(23-13-22-18)26-11-9-25(10-12-26)16-7-3-4-8-21-16/h1-8,13H,9-12H2,(H,22,23,24). The SMILES string of the molecule is O=[N+]([O-])c1c(Nc2ccccc2F)ncnc1N1CCN(c2ccccn2)CC1. The fraction of sp³-hybridized carbons (Fsp3) is 0.211. The number of hydrogen-bond donors (Lipinski definition) is 1. The predicted molar refractivity (Wildman–Crippen MR) is 107 cm³/mol. The van der Waals surface area contributed by atoms with Crippen LogP contribution in [0, 0.1) is 15.9 Å². The van der Waals surface area contributed by atoms with E-state index in [0.717, 1.165) is 5.82 Å². The van der Waals surface area contributed by atoms with Crippen LogP contribution in [-0.2, 0) is 0 Å². The van der Waals surface area contributed by atoms with E-state index >= 15 is 0 Å². The van der Waals surface area contributed by atoms with E-state index < -0.39 is 10.7 Å². The van der Waals surface area contributed by atoms with Gasteiger partial charge in [0.25, 0.3) is 0 Å². The van der Waals surface area contributed by atoms with Crippen LogP contribution in [0.4, 0.5) is 33.2 Å². The van der Waals surface area contributed by atoms with Gasteiger partial charge in [0, 0.05) is 32.4 Å². The molecule has 3 aromatic rings. The molecule has 2 aromatic heterocycles. The summed E-state index contributed by atoms with van der Waals surface area (Å²) < 4.78 is 14.0. The number of hydrogen-bond acceptors (Lipinski definition) is 8. The maximum atomic E-state index is 14.0. The van der Waals surface area contributed by atoms with Gasteiger partial charge in [-0.3, -0.25) is 10.1 Å². The van der Waals surface area contributed by atoms with Gasteiger partial charge in [-0.15, -0.1) is 0 Å². The third-order valence-electron chi connectivity index (χ3n) is 4.66. The topological polar surface area (TPSA) is 100 Å². The van der Waals surface area contributed by atoms with E-state index in [1.807, 2.05) is 23.1 Å². The first-order valence-corrected chi connectivity index (χ1v) is 9.05. The Morgan fingerprint density at radius 2 is 1.69 bits per heavy atom. The molecule has 0 amide bonds. The van der Waals surface area contributed by atoms with Crippen molar-refractivity contribution in [1.29, 1.82) is 0 Å². The normalized spacial score (nSPS) is 14.0. The number of rotatable bonds is 5. The maximum Gasteiger partial charge on any atom is 0.353 e. The Kier molecular flexibility index (Phi) is 5.14. The number of halogens is 1. The van der Waals surface area contributed by atoms with Gasteiger partial charge in [-0.25, -0.2) is 19.3 Å². The lowest BCUT2D eigenvalue weighted by Crippen LogP contribution is -2.47. The van der Waals surface area contributed by atoms with Crippen LogP contribution in [0.3, 0.4) is 0 Å². The molecule has 1 fully saturated rings. The average molecular weight is 395 g/mol. The summed E-state index contributed by atoms with van der Waals surface area (Å²) in [6.07, 6.45) is 2.98.